The van der Waals surface area contributed by atoms with Gasteiger partial charge in [0.2, 0.25) is 11.9 Å². The quantitative estimate of drug-likeness (QED) is 0.399. The Kier molecular flexibility index (Phi) is 7.84. The molecular formula is C31H34N4O3. The van der Waals surface area contributed by atoms with Crippen LogP contribution in [0, 0.1) is 12.8 Å². The summed E-state index contributed by atoms with van der Waals surface area (Å²) in [6, 6.07) is 28.5. The number of nitrogens with zero attached hydrogens (tertiary/aromatic N) is 3. The van der Waals surface area contributed by atoms with Gasteiger partial charge in [-0.2, -0.15) is 0 Å². The van der Waals surface area contributed by atoms with Crippen molar-refractivity contribution in [3.8, 4) is 0 Å². The van der Waals surface area contributed by atoms with Crippen LogP contribution in [0.1, 0.15) is 41.3 Å². The Morgan fingerprint density at radius 2 is 1.58 bits per heavy atom. The van der Waals surface area contributed by atoms with E-state index in [1.165, 1.54) is 11.1 Å². The van der Waals surface area contributed by atoms with Gasteiger partial charge in [-0.05, 0) is 30.5 Å². The molecule has 2 atom stereocenters. The van der Waals surface area contributed by atoms with Crippen LogP contribution in [0.4, 0.5) is 0 Å². The fourth-order valence-corrected chi connectivity index (χ4v) is 5.40. The Morgan fingerprint density at radius 3 is 2.16 bits per heavy atom. The predicted octanol–water partition coefficient (Wildman–Crippen LogP) is 4.11. The fraction of sp³-hybridized carbons (Fsp3) is 0.323. The first-order valence-electron chi connectivity index (χ1n) is 13.3. The molecule has 0 aliphatic carbocycles. The molecule has 1 saturated heterocycles. The number of carbonyl (C=O) groups is 2. The van der Waals surface area contributed by atoms with Crippen LogP contribution < -0.4 is 5.32 Å². The zero-order chi connectivity index (χ0) is 26.5. The fourth-order valence-electron chi connectivity index (χ4n) is 5.40. The first kappa shape index (κ1) is 25.7. The molecule has 38 heavy (non-hydrogen) atoms. The van der Waals surface area contributed by atoms with Crippen molar-refractivity contribution in [2.24, 2.45) is 10.9 Å². The molecule has 0 unspecified atom stereocenters. The normalized spacial score (nSPS) is 20.1. The van der Waals surface area contributed by atoms with E-state index in [-0.39, 0.29) is 18.6 Å². The van der Waals surface area contributed by atoms with E-state index in [1.807, 2.05) is 43.3 Å². The molecule has 1 amide bonds. The van der Waals surface area contributed by atoms with Gasteiger partial charge in [-0.3, -0.25) is 19.8 Å². The first-order chi connectivity index (χ1) is 18.5. The minimum atomic E-state index is -1.01. The number of rotatable bonds is 6. The summed E-state index contributed by atoms with van der Waals surface area (Å²) in [4.78, 5) is 35.5. The van der Waals surface area contributed by atoms with Gasteiger partial charge >= 0.3 is 5.97 Å². The number of guanidine groups is 1. The number of aryl methyl sites for hydroxylation is 1. The molecule has 0 bridgehead atoms. The highest BCUT2D eigenvalue weighted by molar-refractivity contribution is 6.08. The minimum Gasteiger partial charge on any atom is -0.465 e. The van der Waals surface area contributed by atoms with Crippen LogP contribution in [0.3, 0.4) is 0 Å². The van der Waals surface area contributed by atoms with E-state index in [1.54, 1.807) is 6.92 Å². The van der Waals surface area contributed by atoms with Crippen molar-refractivity contribution in [2.45, 2.75) is 25.9 Å². The third kappa shape index (κ3) is 5.48. The maximum Gasteiger partial charge on any atom is 0.321 e. The SMILES string of the molecule is CCOC(=O)[C@@H]1C(=O)NC(N2CCN(C(c3ccccc3)c3ccccc3)CC2)=N[C@H]1c1cccc(C)c1. The molecule has 0 radical (unpaired) electrons. The van der Waals surface area contributed by atoms with E-state index < -0.39 is 17.9 Å². The highest BCUT2D eigenvalue weighted by atomic mass is 16.5. The molecule has 7 heteroatoms. The van der Waals surface area contributed by atoms with Crippen LogP contribution >= 0.6 is 0 Å². The van der Waals surface area contributed by atoms with Crippen LogP contribution in [0.15, 0.2) is 89.9 Å². The first-order valence-corrected chi connectivity index (χ1v) is 13.3. The molecule has 5 rings (SSSR count). The molecule has 7 nitrogen and oxygen atoms in total. The standard InChI is InChI=1S/C31H34N4O3/c1-3-38-30(37)26-27(25-16-10-11-22(2)21-25)32-31(33-29(26)36)35-19-17-34(18-20-35)28(23-12-6-4-7-13-23)24-14-8-5-9-15-24/h4-16,21,26-28H,3,17-20H2,1-2H3,(H,32,33,36)/t26-,27-/m0/s1. The Hall–Kier alpha value is -3.97. The van der Waals surface area contributed by atoms with Gasteiger partial charge in [0, 0.05) is 26.2 Å². The molecule has 0 spiro atoms. The van der Waals surface area contributed by atoms with Crippen LogP contribution in [-0.4, -0.2) is 60.4 Å². The average molecular weight is 511 g/mol. The van der Waals surface area contributed by atoms with Crippen LogP contribution in [-0.2, 0) is 14.3 Å². The summed E-state index contributed by atoms with van der Waals surface area (Å²) in [6.07, 6.45) is 0. The van der Waals surface area contributed by atoms with Crippen molar-refractivity contribution >= 4 is 17.8 Å². The van der Waals surface area contributed by atoms with Gasteiger partial charge in [-0.15, -0.1) is 0 Å². The smallest absolute Gasteiger partial charge is 0.321 e. The number of ether oxygens (including phenoxy) is 1. The molecule has 1 N–H and O–H groups in total. The lowest BCUT2D eigenvalue weighted by Crippen LogP contribution is -2.57. The summed E-state index contributed by atoms with van der Waals surface area (Å²) in [7, 11) is 0. The molecule has 3 aromatic rings. The van der Waals surface area contributed by atoms with Gasteiger partial charge < -0.3 is 9.64 Å². The van der Waals surface area contributed by atoms with E-state index in [0.29, 0.717) is 19.0 Å². The van der Waals surface area contributed by atoms with Crippen LogP contribution in [0.25, 0.3) is 0 Å². The van der Waals surface area contributed by atoms with Crippen molar-refractivity contribution in [1.82, 2.24) is 15.1 Å². The lowest BCUT2D eigenvalue weighted by Gasteiger charge is -2.42. The molecule has 3 aromatic carbocycles. The predicted molar refractivity (Wildman–Crippen MR) is 147 cm³/mol. The number of carbonyl (C=O) groups excluding carboxylic acids is 2. The second kappa shape index (κ2) is 11.6. The summed E-state index contributed by atoms with van der Waals surface area (Å²) in [5.74, 6) is -1.40. The van der Waals surface area contributed by atoms with Crippen molar-refractivity contribution < 1.29 is 14.3 Å². The average Bonchev–Trinajstić information content (AvgIpc) is 2.94. The second-order valence-electron chi connectivity index (χ2n) is 9.78. The number of amides is 1. The number of esters is 1. The van der Waals surface area contributed by atoms with Crippen molar-refractivity contribution in [3.05, 3.63) is 107 Å². The lowest BCUT2D eigenvalue weighted by molar-refractivity contribution is -0.153. The summed E-state index contributed by atoms with van der Waals surface area (Å²) < 4.78 is 5.25. The molecule has 0 saturated carbocycles. The highest BCUT2D eigenvalue weighted by Gasteiger charge is 2.42. The summed E-state index contributed by atoms with van der Waals surface area (Å²) >= 11 is 0. The van der Waals surface area contributed by atoms with Gasteiger partial charge in [0.1, 0.15) is 6.04 Å². The molecule has 0 aromatic heterocycles. The Labute approximate surface area is 224 Å². The Balaban J connectivity index is 1.38. The molecule has 1 fully saturated rings. The second-order valence-corrected chi connectivity index (χ2v) is 9.78. The summed E-state index contributed by atoms with van der Waals surface area (Å²) in [6.45, 7) is 6.98. The monoisotopic (exact) mass is 510 g/mol. The van der Waals surface area contributed by atoms with Crippen LogP contribution in [0.5, 0.6) is 0 Å². The molecule has 196 valence electrons. The lowest BCUT2D eigenvalue weighted by atomic mass is 9.90. The molecule has 2 heterocycles. The number of hydrogen-bond donors (Lipinski definition) is 1. The maximum absolute atomic E-state index is 13.2. The zero-order valence-electron chi connectivity index (χ0n) is 21.9. The van der Waals surface area contributed by atoms with Gasteiger partial charge in [0.05, 0.1) is 12.6 Å². The van der Waals surface area contributed by atoms with Gasteiger partial charge in [-0.1, -0.05) is 90.5 Å². The van der Waals surface area contributed by atoms with Crippen molar-refractivity contribution in [2.75, 3.05) is 32.8 Å². The summed E-state index contributed by atoms with van der Waals surface area (Å²) in [5, 5.41) is 2.91. The Bertz CT molecular complexity index is 1250. The Morgan fingerprint density at radius 1 is 0.947 bits per heavy atom. The third-order valence-electron chi connectivity index (χ3n) is 7.23. The molecular weight excluding hydrogens is 476 g/mol. The number of nitrogens with one attached hydrogen (secondary N) is 1. The van der Waals surface area contributed by atoms with Gasteiger partial charge in [-0.25, -0.2) is 4.99 Å². The van der Waals surface area contributed by atoms with E-state index in [2.05, 4.69) is 63.6 Å². The number of aliphatic imine (C=N–C) groups is 1. The van der Waals surface area contributed by atoms with E-state index >= 15 is 0 Å². The topological polar surface area (TPSA) is 74.2 Å². The number of piperazine rings is 1. The van der Waals surface area contributed by atoms with Gasteiger partial charge in [0.25, 0.3) is 0 Å². The maximum atomic E-state index is 13.2. The zero-order valence-corrected chi connectivity index (χ0v) is 21.9. The van der Waals surface area contributed by atoms with Crippen molar-refractivity contribution in [1.29, 1.82) is 0 Å². The van der Waals surface area contributed by atoms with E-state index in [0.717, 1.165) is 24.2 Å². The van der Waals surface area contributed by atoms with Gasteiger partial charge in [0.15, 0.2) is 5.92 Å². The minimum absolute atomic E-state index is 0.149. The van der Waals surface area contributed by atoms with Crippen molar-refractivity contribution in [3.63, 3.8) is 0 Å². The third-order valence-corrected chi connectivity index (χ3v) is 7.23. The largest absolute Gasteiger partial charge is 0.465 e. The van der Waals surface area contributed by atoms with E-state index in [9.17, 15) is 9.59 Å². The van der Waals surface area contributed by atoms with Crippen LogP contribution in [0.2, 0.25) is 0 Å². The number of hydrogen-bond acceptors (Lipinski definition) is 6. The number of benzene rings is 3. The molecule has 2 aliphatic rings. The van der Waals surface area contributed by atoms with E-state index in [4.69, 9.17) is 9.73 Å². The highest BCUT2D eigenvalue weighted by Crippen LogP contribution is 2.33. The summed E-state index contributed by atoms with van der Waals surface area (Å²) in [5.41, 5.74) is 4.40. The molecule has 2 aliphatic heterocycles.